The second-order valence-electron chi connectivity index (χ2n) is 5.90. The van der Waals surface area contributed by atoms with Gasteiger partial charge in [-0.15, -0.1) is 0 Å². The van der Waals surface area contributed by atoms with Crippen LogP contribution >= 0.6 is 23.2 Å². The van der Waals surface area contributed by atoms with Gasteiger partial charge in [0.15, 0.2) is 0 Å². The van der Waals surface area contributed by atoms with Gasteiger partial charge in [0.25, 0.3) is 0 Å². The zero-order valence-electron chi connectivity index (χ0n) is 14.0. The molecule has 1 aromatic carbocycles. The molecule has 2 aromatic heterocycles. The maximum Gasteiger partial charge on any atom is 0.338 e. The molecule has 26 heavy (non-hydrogen) atoms. The van der Waals surface area contributed by atoms with E-state index in [9.17, 15) is 4.79 Å². The Bertz CT molecular complexity index is 1040. The van der Waals surface area contributed by atoms with Gasteiger partial charge in [0.1, 0.15) is 0 Å². The number of hydrogen-bond donors (Lipinski definition) is 1. The molecule has 0 saturated heterocycles. The maximum absolute atomic E-state index is 12.7. The number of aromatic nitrogens is 2. The van der Waals surface area contributed by atoms with E-state index in [4.69, 9.17) is 32.4 Å². The summed E-state index contributed by atoms with van der Waals surface area (Å²) in [5.74, 6) is 0.200. The summed E-state index contributed by atoms with van der Waals surface area (Å²) in [4.78, 5) is 17.3. The van der Waals surface area contributed by atoms with Gasteiger partial charge in [-0.3, -0.25) is 4.57 Å². The van der Waals surface area contributed by atoms with Gasteiger partial charge in [0.2, 0.25) is 5.95 Å². The van der Waals surface area contributed by atoms with Crippen molar-refractivity contribution >= 4 is 46.2 Å². The molecule has 3 heterocycles. The van der Waals surface area contributed by atoms with Crippen LogP contribution in [0.3, 0.4) is 0 Å². The lowest BCUT2D eigenvalue weighted by Crippen LogP contribution is -2.28. The Morgan fingerprint density at radius 3 is 2.85 bits per heavy atom. The van der Waals surface area contributed by atoms with Crippen LogP contribution in [0, 0.1) is 0 Å². The van der Waals surface area contributed by atoms with E-state index < -0.39 is 12.0 Å². The fraction of sp³-hybridized carbons (Fsp3) is 0.222. The summed E-state index contributed by atoms with van der Waals surface area (Å²) in [6.07, 6.45) is 3.17. The van der Waals surface area contributed by atoms with Crippen LogP contribution < -0.4 is 5.32 Å². The van der Waals surface area contributed by atoms with Crippen LogP contribution in [0.2, 0.25) is 10.0 Å². The molecule has 0 aliphatic carbocycles. The number of esters is 1. The highest BCUT2D eigenvalue weighted by Gasteiger charge is 2.35. The lowest BCUT2D eigenvalue weighted by molar-refractivity contribution is -0.139. The number of furan rings is 1. The van der Waals surface area contributed by atoms with Crippen molar-refractivity contribution in [3.8, 4) is 0 Å². The molecule has 4 rings (SSSR count). The highest BCUT2D eigenvalue weighted by Crippen LogP contribution is 2.41. The lowest BCUT2D eigenvalue weighted by Gasteiger charge is -2.29. The number of nitrogens with zero attached hydrogens (tertiary/aromatic N) is 2. The molecule has 0 fully saturated rings. The molecule has 0 radical (unpaired) electrons. The summed E-state index contributed by atoms with van der Waals surface area (Å²) < 4.78 is 12.4. The molecule has 1 aliphatic rings. The third-order valence-electron chi connectivity index (χ3n) is 4.32. The smallest absolute Gasteiger partial charge is 0.338 e. The van der Waals surface area contributed by atoms with Crippen molar-refractivity contribution in [1.82, 2.24) is 9.55 Å². The van der Waals surface area contributed by atoms with Crippen LogP contribution in [-0.2, 0) is 9.53 Å². The van der Waals surface area contributed by atoms with Crippen molar-refractivity contribution < 1.29 is 13.9 Å². The third-order valence-corrected chi connectivity index (χ3v) is 5.04. The van der Waals surface area contributed by atoms with Gasteiger partial charge in [-0.25, -0.2) is 9.78 Å². The van der Waals surface area contributed by atoms with E-state index >= 15 is 0 Å². The van der Waals surface area contributed by atoms with E-state index in [0.29, 0.717) is 32.8 Å². The molecule has 1 unspecified atom stereocenters. The van der Waals surface area contributed by atoms with Crippen LogP contribution in [0.4, 0.5) is 5.95 Å². The highest BCUT2D eigenvalue weighted by molar-refractivity contribution is 6.42. The van der Waals surface area contributed by atoms with E-state index in [-0.39, 0.29) is 6.61 Å². The number of allylic oxidation sites excluding steroid dienone is 1. The van der Waals surface area contributed by atoms with E-state index in [1.165, 1.54) is 0 Å². The first-order chi connectivity index (χ1) is 12.5. The number of hydrogen-bond acceptors (Lipinski definition) is 5. The number of carbonyl (C=O) groups is 1. The van der Waals surface area contributed by atoms with Crippen LogP contribution in [0.5, 0.6) is 0 Å². The Balaban J connectivity index is 1.99. The molecular weight excluding hydrogens is 377 g/mol. The molecule has 6 nitrogen and oxygen atoms in total. The fourth-order valence-electron chi connectivity index (χ4n) is 3.23. The molecule has 3 aromatic rings. The largest absolute Gasteiger partial charge is 0.472 e. The summed E-state index contributed by atoms with van der Waals surface area (Å²) in [5, 5.41) is 4.02. The Kier molecular flexibility index (Phi) is 4.17. The van der Waals surface area contributed by atoms with Gasteiger partial charge in [0, 0.05) is 11.3 Å². The molecule has 0 amide bonds. The number of carbonyl (C=O) groups excluding carboxylic acids is 1. The first-order valence-electron chi connectivity index (χ1n) is 8.05. The van der Waals surface area contributed by atoms with Gasteiger partial charge in [0.05, 0.1) is 51.8 Å². The van der Waals surface area contributed by atoms with Gasteiger partial charge in [-0.2, -0.15) is 0 Å². The van der Waals surface area contributed by atoms with Crippen molar-refractivity contribution in [2.75, 3.05) is 11.9 Å². The number of benzene rings is 1. The van der Waals surface area contributed by atoms with Crippen LogP contribution in [-0.4, -0.2) is 22.1 Å². The Morgan fingerprint density at radius 1 is 1.38 bits per heavy atom. The summed E-state index contributed by atoms with van der Waals surface area (Å²) in [7, 11) is 0. The number of ether oxygens (including phenoxy) is 1. The topological polar surface area (TPSA) is 69.3 Å². The van der Waals surface area contributed by atoms with Crippen LogP contribution in [0.15, 0.2) is 46.4 Å². The number of halogens is 2. The molecule has 0 spiro atoms. The van der Waals surface area contributed by atoms with Gasteiger partial charge < -0.3 is 14.5 Å². The van der Waals surface area contributed by atoms with Crippen molar-refractivity contribution in [1.29, 1.82) is 0 Å². The summed E-state index contributed by atoms with van der Waals surface area (Å²) in [6.45, 7) is 3.88. The zero-order chi connectivity index (χ0) is 18.4. The van der Waals surface area contributed by atoms with E-state index in [2.05, 4.69) is 10.3 Å². The molecule has 0 saturated carbocycles. The molecule has 1 N–H and O–H groups in total. The van der Waals surface area contributed by atoms with Crippen molar-refractivity contribution in [2.24, 2.45) is 0 Å². The van der Waals surface area contributed by atoms with E-state index in [0.717, 1.165) is 11.1 Å². The quantitative estimate of drug-likeness (QED) is 0.650. The van der Waals surface area contributed by atoms with Gasteiger partial charge in [-0.1, -0.05) is 23.2 Å². The number of imidazole rings is 1. The van der Waals surface area contributed by atoms with Crippen molar-refractivity contribution in [3.63, 3.8) is 0 Å². The number of nitrogens with one attached hydrogen (secondary N) is 1. The van der Waals surface area contributed by atoms with Gasteiger partial charge >= 0.3 is 5.97 Å². The predicted molar refractivity (Wildman–Crippen MR) is 99.6 cm³/mol. The summed E-state index contributed by atoms with van der Waals surface area (Å²) in [6, 6.07) is 4.81. The minimum Gasteiger partial charge on any atom is -0.472 e. The summed E-state index contributed by atoms with van der Waals surface area (Å²) >= 11 is 12.4. The molecule has 8 heteroatoms. The van der Waals surface area contributed by atoms with Crippen molar-refractivity contribution in [3.05, 3.63) is 57.6 Å². The first kappa shape index (κ1) is 17.0. The van der Waals surface area contributed by atoms with Gasteiger partial charge in [-0.05, 0) is 32.0 Å². The molecular formula is C18H15Cl2N3O3. The van der Waals surface area contributed by atoms with E-state index in [1.807, 2.05) is 17.6 Å². The minimum absolute atomic E-state index is 0.284. The second kappa shape index (κ2) is 6.37. The molecule has 1 aliphatic heterocycles. The zero-order valence-corrected chi connectivity index (χ0v) is 15.6. The fourth-order valence-corrected chi connectivity index (χ4v) is 3.54. The maximum atomic E-state index is 12.7. The first-order valence-corrected chi connectivity index (χ1v) is 8.80. The SMILES string of the molecule is CCOC(=O)C1=C(C)Nc2nc3cc(Cl)c(Cl)cc3n2C1c1ccoc1. The molecule has 134 valence electrons. The summed E-state index contributed by atoms with van der Waals surface area (Å²) in [5.41, 5.74) is 3.40. The number of fused-ring (bicyclic) bond motifs is 3. The second-order valence-corrected chi connectivity index (χ2v) is 6.72. The standard InChI is InChI=1S/C18H15Cl2N3O3/c1-3-26-17(24)15-9(2)21-18-22-13-6-11(19)12(20)7-14(13)23(18)16(15)10-4-5-25-8-10/h4-8,16H,3H2,1-2H3,(H,21,22). The molecule has 1 atom stereocenters. The Morgan fingerprint density at radius 2 is 2.15 bits per heavy atom. The lowest BCUT2D eigenvalue weighted by atomic mass is 9.97. The minimum atomic E-state index is -0.453. The van der Waals surface area contributed by atoms with Crippen molar-refractivity contribution in [2.45, 2.75) is 19.9 Å². The predicted octanol–water partition coefficient (Wildman–Crippen LogP) is 4.79. The monoisotopic (exact) mass is 391 g/mol. The third kappa shape index (κ3) is 2.57. The Hall–Kier alpha value is -2.44. The normalized spacial score (nSPS) is 16.5. The molecule has 0 bridgehead atoms. The number of anilines is 1. The average molecular weight is 392 g/mol. The number of rotatable bonds is 3. The van der Waals surface area contributed by atoms with Crippen LogP contribution in [0.25, 0.3) is 11.0 Å². The van der Waals surface area contributed by atoms with Crippen LogP contribution in [0.1, 0.15) is 25.5 Å². The average Bonchev–Trinajstić information content (AvgIpc) is 3.22. The highest BCUT2D eigenvalue weighted by atomic mass is 35.5. The Labute approximate surface area is 159 Å². The van der Waals surface area contributed by atoms with E-state index in [1.54, 1.807) is 31.6 Å².